The van der Waals surface area contributed by atoms with Crippen LogP contribution in [0, 0.1) is 6.92 Å². The molecule has 0 atom stereocenters. The van der Waals surface area contributed by atoms with E-state index in [-0.39, 0.29) is 0 Å². The van der Waals surface area contributed by atoms with Crippen LogP contribution in [0.3, 0.4) is 0 Å². The van der Waals surface area contributed by atoms with Gasteiger partial charge in [0.15, 0.2) is 5.13 Å². The van der Waals surface area contributed by atoms with Gasteiger partial charge in [-0.25, -0.2) is 4.98 Å². The number of hydrogen-bond acceptors (Lipinski definition) is 4. The zero-order valence-electron chi connectivity index (χ0n) is 11.8. The minimum absolute atomic E-state index is 0.919. The lowest BCUT2D eigenvalue weighted by atomic mass is 10.2. The van der Waals surface area contributed by atoms with Crippen LogP contribution >= 0.6 is 11.3 Å². The summed E-state index contributed by atoms with van der Waals surface area (Å²) in [4.78, 5) is 8.07. The van der Waals surface area contributed by atoms with Gasteiger partial charge in [0.2, 0.25) is 0 Å². The molecule has 0 saturated carbocycles. The highest BCUT2D eigenvalue weighted by Gasteiger charge is 2.09. The maximum atomic E-state index is 4.39. The number of nitrogens with one attached hydrogen (secondary N) is 1. The van der Waals surface area contributed by atoms with Gasteiger partial charge in [0.05, 0.1) is 6.54 Å². The summed E-state index contributed by atoms with van der Waals surface area (Å²) in [6, 6.07) is 8.53. The molecule has 0 bridgehead atoms. The molecule has 0 unspecified atom stereocenters. The van der Waals surface area contributed by atoms with Crippen molar-refractivity contribution in [2.75, 3.05) is 23.3 Å². The van der Waals surface area contributed by atoms with Gasteiger partial charge >= 0.3 is 0 Å². The molecule has 2 rings (SSSR count). The Morgan fingerprint density at radius 1 is 1.26 bits per heavy atom. The predicted octanol–water partition coefficient (Wildman–Crippen LogP) is 3.91. The van der Waals surface area contributed by atoms with Crippen LogP contribution in [-0.2, 0) is 6.54 Å². The summed E-state index contributed by atoms with van der Waals surface area (Å²) in [5, 5.41) is 4.27. The number of aromatic nitrogens is 1. The van der Waals surface area contributed by atoms with Gasteiger partial charge in [0, 0.05) is 29.9 Å². The molecule has 1 N–H and O–H groups in total. The first-order valence-electron chi connectivity index (χ1n) is 6.73. The van der Waals surface area contributed by atoms with Crippen molar-refractivity contribution in [1.29, 1.82) is 0 Å². The molecule has 4 heteroatoms. The van der Waals surface area contributed by atoms with Crippen LogP contribution in [0.5, 0.6) is 0 Å². The quantitative estimate of drug-likeness (QED) is 0.866. The Labute approximate surface area is 119 Å². The lowest BCUT2D eigenvalue weighted by Gasteiger charge is -2.24. The van der Waals surface area contributed by atoms with Gasteiger partial charge in [-0.2, -0.15) is 0 Å². The number of thiazole rings is 1. The van der Waals surface area contributed by atoms with E-state index in [2.05, 4.69) is 60.2 Å². The highest BCUT2D eigenvalue weighted by atomic mass is 32.1. The van der Waals surface area contributed by atoms with E-state index in [4.69, 9.17) is 0 Å². The second-order valence-corrected chi connectivity index (χ2v) is 5.58. The van der Waals surface area contributed by atoms with Gasteiger partial charge in [-0.1, -0.05) is 18.2 Å². The van der Waals surface area contributed by atoms with Gasteiger partial charge in [0.25, 0.3) is 0 Å². The van der Waals surface area contributed by atoms with Crippen molar-refractivity contribution < 1.29 is 0 Å². The van der Waals surface area contributed by atoms with E-state index >= 15 is 0 Å². The van der Waals surface area contributed by atoms with E-state index in [9.17, 15) is 0 Å². The number of para-hydroxylation sites is 1. The third-order valence-corrected chi connectivity index (χ3v) is 4.01. The third kappa shape index (κ3) is 3.47. The molecule has 19 heavy (non-hydrogen) atoms. The molecule has 0 amide bonds. The average molecular weight is 275 g/mol. The zero-order chi connectivity index (χ0) is 13.7. The van der Waals surface area contributed by atoms with Crippen LogP contribution < -0.4 is 10.2 Å². The number of rotatable bonds is 6. The smallest absolute Gasteiger partial charge is 0.182 e. The molecule has 0 aliphatic carbocycles. The maximum Gasteiger partial charge on any atom is 0.182 e. The van der Waals surface area contributed by atoms with E-state index in [0.717, 1.165) is 24.8 Å². The number of anilines is 2. The highest BCUT2D eigenvalue weighted by Crippen LogP contribution is 2.24. The van der Waals surface area contributed by atoms with Crippen LogP contribution in [0.15, 0.2) is 30.5 Å². The average Bonchev–Trinajstić information content (AvgIpc) is 2.85. The summed E-state index contributed by atoms with van der Waals surface area (Å²) < 4.78 is 0. The molecule has 2 aromatic rings. The van der Waals surface area contributed by atoms with Crippen molar-refractivity contribution in [2.45, 2.75) is 27.3 Å². The first kappa shape index (κ1) is 13.9. The van der Waals surface area contributed by atoms with Gasteiger partial charge in [-0.15, -0.1) is 11.3 Å². The number of benzene rings is 1. The normalized spacial score (nSPS) is 10.5. The summed E-state index contributed by atoms with van der Waals surface area (Å²) >= 11 is 1.74. The lowest BCUT2D eigenvalue weighted by Crippen LogP contribution is -2.22. The summed E-state index contributed by atoms with van der Waals surface area (Å²) in [5.41, 5.74) is 2.63. The molecule has 0 saturated heterocycles. The molecule has 0 aliphatic heterocycles. The molecule has 0 spiro atoms. The molecule has 0 aliphatic rings. The molecule has 1 heterocycles. The van der Waals surface area contributed by atoms with Gasteiger partial charge in [0.1, 0.15) is 0 Å². The fourth-order valence-corrected chi connectivity index (χ4v) is 2.98. The van der Waals surface area contributed by atoms with Crippen molar-refractivity contribution >= 4 is 22.2 Å². The SMILES string of the molecule is CCNc1ncc(CN(CC)c2ccccc2C)s1. The zero-order valence-corrected chi connectivity index (χ0v) is 12.6. The number of aryl methyl sites for hydroxylation is 1. The fourth-order valence-electron chi connectivity index (χ4n) is 2.09. The van der Waals surface area contributed by atoms with Gasteiger partial charge in [-0.05, 0) is 32.4 Å². The van der Waals surface area contributed by atoms with E-state index in [1.807, 2.05) is 6.20 Å². The molecule has 1 aromatic heterocycles. The summed E-state index contributed by atoms with van der Waals surface area (Å²) in [5.74, 6) is 0. The number of nitrogens with zero attached hydrogens (tertiary/aromatic N) is 2. The molecule has 0 fully saturated rings. The van der Waals surface area contributed by atoms with Crippen molar-refractivity contribution in [3.05, 3.63) is 40.9 Å². The van der Waals surface area contributed by atoms with Crippen molar-refractivity contribution in [3.63, 3.8) is 0 Å². The van der Waals surface area contributed by atoms with Crippen LogP contribution in [0.25, 0.3) is 0 Å². The van der Waals surface area contributed by atoms with Gasteiger partial charge < -0.3 is 10.2 Å². The van der Waals surface area contributed by atoms with Crippen LogP contribution in [0.1, 0.15) is 24.3 Å². The largest absolute Gasteiger partial charge is 0.366 e. The van der Waals surface area contributed by atoms with E-state index in [1.54, 1.807) is 11.3 Å². The summed E-state index contributed by atoms with van der Waals surface area (Å²) in [7, 11) is 0. The predicted molar refractivity (Wildman–Crippen MR) is 84.2 cm³/mol. The highest BCUT2D eigenvalue weighted by molar-refractivity contribution is 7.15. The second kappa shape index (κ2) is 6.57. The Bertz CT molecular complexity index is 522. The Morgan fingerprint density at radius 3 is 2.74 bits per heavy atom. The minimum atomic E-state index is 0.919. The second-order valence-electron chi connectivity index (χ2n) is 4.46. The third-order valence-electron chi connectivity index (χ3n) is 3.07. The van der Waals surface area contributed by atoms with E-state index in [0.29, 0.717) is 0 Å². The summed E-state index contributed by atoms with van der Waals surface area (Å²) in [6.45, 7) is 9.28. The maximum absolute atomic E-state index is 4.39. The standard InChI is InChI=1S/C15H21N3S/c1-4-16-15-17-10-13(19-15)11-18(5-2)14-9-7-6-8-12(14)3/h6-10H,4-5,11H2,1-3H3,(H,16,17). The fraction of sp³-hybridized carbons (Fsp3) is 0.400. The van der Waals surface area contributed by atoms with Crippen LogP contribution in [-0.4, -0.2) is 18.1 Å². The Morgan fingerprint density at radius 2 is 2.05 bits per heavy atom. The molecule has 102 valence electrons. The molecular weight excluding hydrogens is 254 g/mol. The first-order chi connectivity index (χ1) is 9.24. The topological polar surface area (TPSA) is 28.2 Å². The Kier molecular flexibility index (Phi) is 4.80. The molecule has 3 nitrogen and oxygen atoms in total. The van der Waals surface area contributed by atoms with E-state index < -0.39 is 0 Å². The summed E-state index contributed by atoms with van der Waals surface area (Å²) in [6.07, 6.45) is 1.98. The van der Waals surface area contributed by atoms with Crippen LogP contribution in [0.4, 0.5) is 10.8 Å². The molecule has 0 radical (unpaired) electrons. The van der Waals surface area contributed by atoms with E-state index in [1.165, 1.54) is 16.1 Å². The van der Waals surface area contributed by atoms with Crippen molar-refractivity contribution in [1.82, 2.24) is 4.98 Å². The molecule has 1 aromatic carbocycles. The first-order valence-corrected chi connectivity index (χ1v) is 7.55. The number of hydrogen-bond donors (Lipinski definition) is 1. The van der Waals surface area contributed by atoms with Crippen molar-refractivity contribution in [2.24, 2.45) is 0 Å². The van der Waals surface area contributed by atoms with Gasteiger partial charge in [-0.3, -0.25) is 0 Å². The Hall–Kier alpha value is -1.55. The monoisotopic (exact) mass is 275 g/mol. The molecular formula is C15H21N3S. The minimum Gasteiger partial charge on any atom is -0.366 e. The van der Waals surface area contributed by atoms with Crippen LogP contribution in [0.2, 0.25) is 0 Å². The van der Waals surface area contributed by atoms with Crippen molar-refractivity contribution in [3.8, 4) is 0 Å². The Balaban J connectivity index is 2.12. The lowest BCUT2D eigenvalue weighted by molar-refractivity contribution is 0.836.